The maximum absolute atomic E-state index is 11.7. The molecule has 0 aliphatic heterocycles. The third-order valence-corrected chi connectivity index (χ3v) is 2.95. The van der Waals surface area contributed by atoms with Crippen LogP contribution in [0.3, 0.4) is 0 Å². The number of urea groups is 1. The standard InChI is InChI=1S/C11H22N4O2/c1-15(2)11(17)14-6-5-13-10(16)8-3-4-9(12)7-8/h8-9H,3-7,12H2,1-2H3,(H,13,16)(H,14,17). The Labute approximate surface area is 102 Å². The molecule has 98 valence electrons. The van der Waals surface area contributed by atoms with Gasteiger partial charge in [0.15, 0.2) is 0 Å². The first-order valence-electron chi connectivity index (χ1n) is 5.99. The minimum Gasteiger partial charge on any atom is -0.354 e. The van der Waals surface area contributed by atoms with Crippen molar-refractivity contribution in [3.8, 4) is 0 Å². The van der Waals surface area contributed by atoms with Crippen molar-refractivity contribution in [3.05, 3.63) is 0 Å². The summed E-state index contributed by atoms with van der Waals surface area (Å²) < 4.78 is 0. The quantitative estimate of drug-likeness (QED) is 0.581. The molecule has 0 saturated heterocycles. The number of carbonyl (C=O) groups excluding carboxylic acids is 2. The van der Waals surface area contributed by atoms with Gasteiger partial charge in [-0.1, -0.05) is 0 Å². The Kier molecular flexibility index (Phi) is 5.21. The van der Waals surface area contributed by atoms with Gasteiger partial charge in [-0.15, -0.1) is 0 Å². The number of carbonyl (C=O) groups is 2. The number of nitrogens with zero attached hydrogens (tertiary/aromatic N) is 1. The fourth-order valence-electron chi connectivity index (χ4n) is 1.91. The summed E-state index contributed by atoms with van der Waals surface area (Å²) in [6, 6.07) is 0.0151. The van der Waals surface area contributed by atoms with E-state index in [1.165, 1.54) is 4.90 Å². The average molecular weight is 242 g/mol. The molecule has 0 bridgehead atoms. The first kappa shape index (κ1) is 13.8. The predicted octanol–water partition coefficient (Wildman–Crippen LogP) is -0.499. The van der Waals surface area contributed by atoms with Crippen LogP contribution in [0.5, 0.6) is 0 Å². The number of rotatable bonds is 4. The van der Waals surface area contributed by atoms with E-state index in [1.54, 1.807) is 14.1 Å². The van der Waals surface area contributed by atoms with Gasteiger partial charge in [-0.3, -0.25) is 4.79 Å². The van der Waals surface area contributed by atoms with Crippen LogP contribution in [0.25, 0.3) is 0 Å². The molecule has 1 aliphatic rings. The molecule has 3 amide bonds. The largest absolute Gasteiger partial charge is 0.354 e. The van der Waals surface area contributed by atoms with Crippen molar-refractivity contribution in [3.63, 3.8) is 0 Å². The molecule has 0 spiro atoms. The molecule has 1 aliphatic carbocycles. The fraction of sp³-hybridized carbons (Fsp3) is 0.818. The molecule has 17 heavy (non-hydrogen) atoms. The lowest BCUT2D eigenvalue weighted by Gasteiger charge is -2.13. The normalized spacial score (nSPS) is 23.2. The van der Waals surface area contributed by atoms with Crippen LogP contribution < -0.4 is 16.4 Å². The summed E-state index contributed by atoms with van der Waals surface area (Å²) >= 11 is 0. The molecule has 2 unspecified atom stereocenters. The van der Waals surface area contributed by atoms with Gasteiger partial charge in [0.05, 0.1) is 0 Å². The molecule has 0 radical (unpaired) electrons. The summed E-state index contributed by atoms with van der Waals surface area (Å²) in [6.07, 6.45) is 2.57. The average Bonchev–Trinajstić information content (AvgIpc) is 2.70. The summed E-state index contributed by atoms with van der Waals surface area (Å²) in [6.45, 7) is 0.908. The van der Waals surface area contributed by atoms with E-state index >= 15 is 0 Å². The molecule has 0 aromatic rings. The molecule has 0 aromatic carbocycles. The van der Waals surface area contributed by atoms with Gasteiger partial charge in [-0.2, -0.15) is 0 Å². The smallest absolute Gasteiger partial charge is 0.316 e. The van der Waals surface area contributed by atoms with Crippen LogP contribution in [-0.2, 0) is 4.79 Å². The predicted molar refractivity (Wildman–Crippen MR) is 65.4 cm³/mol. The number of nitrogens with two attached hydrogens (primary N) is 1. The zero-order valence-electron chi connectivity index (χ0n) is 10.5. The van der Waals surface area contributed by atoms with Crippen LogP contribution in [0.1, 0.15) is 19.3 Å². The summed E-state index contributed by atoms with van der Waals surface area (Å²) in [5, 5.41) is 5.50. The van der Waals surface area contributed by atoms with Crippen molar-refractivity contribution < 1.29 is 9.59 Å². The monoisotopic (exact) mass is 242 g/mol. The highest BCUT2D eigenvalue weighted by atomic mass is 16.2. The Bertz CT molecular complexity index is 281. The highest BCUT2D eigenvalue weighted by molar-refractivity contribution is 5.79. The van der Waals surface area contributed by atoms with Gasteiger partial charge >= 0.3 is 6.03 Å². The van der Waals surface area contributed by atoms with E-state index < -0.39 is 0 Å². The fourth-order valence-corrected chi connectivity index (χ4v) is 1.91. The highest BCUT2D eigenvalue weighted by Gasteiger charge is 2.27. The van der Waals surface area contributed by atoms with Crippen molar-refractivity contribution in [1.82, 2.24) is 15.5 Å². The van der Waals surface area contributed by atoms with Crippen molar-refractivity contribution in [1.29, 1.82) is 0 Å². The summed E-state index contributed by atoms with van der Waals surface area (Å²) in [4.78, 5) is 24.3. The molecule has 1 saturated carbocycles. The van der Waals surface area contributed by atoms with Crippen LogP contribution in [0.4, 0.5) is 4.79 Å². The van der Waals surface area contributed by atoms with Crippen LogP contribution in [0.2, 0.25) is 0 Å². The molecule has 4 N–H and O–H groups in total. The molecular weight excluding hydrogens is 220 g/mol. The van der Waals surface area contributed by atoms with E-state index in [1.807, 2.05) is 0 Å². The van der Waals surface area contributed by atoms with Crippen LogP contribution in [0.15, 0.2) is 0 Å². The lowest BCUT2D eigenvalue weighted by Crippen LogP contribution is -2.40. The minimum atomic E-state index is -0.151. The molecule has 1 fully saturated rings. The van der Waals surface area contributed by atoms with Crippen molar-refractivity contribution in [2.24, 2.45) is 11.7 Å². The Hall–Kier alpha value is -1.30. The Morgan fingerprint density at radius 2 is 1.88 bits per heavy atom. The maximum atomic E-state index is 11.7. The highest BCUT2D eigenvalue weighted by Crippen LogP contribution is 2.23. The molecule has 6 heteroatoms. The van der Waals surface area contributed by atoms with E-state index in [4.69, 9.17) is 5.73 Å². The van der Waals surface area contributed by atoms with Gasteiger partial charge in [0, 0.05) is 39.1 Å². The zero-order chi connectivity index (χ0) is 12.8. The lowest BCUT2D eigenvalue weighted by molar-refractivity contribution is -0.124. The molecule has 1 rings (SSSR count). The van der Waals surface area contributed by atoms with Gasteiger partial charge < -0.3 is 21.3 Å². The number of nitrogens with one attached hydrogen (secondary N) is 2. The molecular formula is C11H22N4O2. The molecule has 0 aromatic heterocycles. The molecule has 0 heterocycles. The van der Waals surface area contributed by atoms with Crippen molar-refractivity contribution in [2.45, 2.75) is 25.3 Å². The topological polar surface area (TPSA) is 87.5 Å². The molecule has 6 nitrogen and oxygen atoms in total. The summed E-state index contributed by atoms with van der Waals surface area (Å²) in [5.74, 6) is 0.103. The second-order valence-corrected chi connectivity index (χ2v) is 4.69. The van der Waals surface area contributed by atoms with Gasteiger partial charge in [-0.25, -0.2) is 4.79 Å². The third-order valence-electron chi connectivity index (χ3n) is 2.95. The van der Waals surface area contributed by atoms with E-state index in [0.29, 0.717) is 13.1 Å². The van der Waals surface area contributed by atoms with Gasteiger partial charge in [-0.05, 0) is 19.3 Å². The van der Waals surface area contributed by atoms with Gasteiger partial charge in [0.2, 0.25) is 5.91 Å². The van der Waals surface area contributed by atoms with Crippen LogP contribution in [0, 0.1) is 5.92 Å². The Balaban J connectivity index is 2.10. The number of hydrogen-bond acceptors (Lipinski definition) is 3. The second-order valence-electron chi connectivity index (χ2n) is 4.69. The van der Waals surface area contributed by atoms with E-state index in [0.717, 1.165) is 19.3 Å². The van der Waals surface area contributed by atoms with Gasteiger partial charge in [0.1, 0.15) is 0 Å². The first-order valence-corrected chi connectivity index (χ1v) is 5.99. The number of amides is 3. The second kappa shape index (κ2) is 6.44. The van der Waals surface area contributed by atoms with Crippen molar-refractivity contribution >= 4 is 11.9 Å². The van der Waals surface area contributed by atoms with Crippen LogP contribution >= 0.6 is 0 Å². The maximum Gasteiger partial charge on any atom is 0.316 e. The van der Waals surface area contributed by atoms with E-state index in [9.17, 15) is 9.59 Å². The lowest BCUT2D eigenvalue weighted by atomic mass is 10.1. The number of hydrogen-bond donors (Lipinski definition) is 3. The Morgan fingerprint density at radius 3 is 2.41 bits per heavy atom. The van der Waals surface area contributed by atoms with Gasteiger partial charge in [0.25, 0.3) is 0 Å². The van der Waals surface area contributed by atoms with Crippen LogP contribution in [-0.4, -0.2) is 50.1 Å². The van der Waals surface area contributed by atoms with E-state index in [-0.39, 0.29) is 23.9 Å². The minimum absolute atomic E-state index is 0.0505. The molecule has 2 atom stereocenters. The zero-order valence-corrected chi connectivity index (χ0v) is 10.5. The Morgan fingerprint density at radius 1 is 1.24 bits per heavy atom. The first-order chi connectivity index (χ1) is 8.00. The van der Waals surface area contributed by atoms with Crippen molar-refractivity contribution in [2.75, 3.05) is 27.2 Å². The summed E-state index contributed by atoms with van der Waals surface area (Å²) in [5.41, 5.74) is 5.75. The summed E-state index contributed by atoms with van der Waals surface area (Å²) in [7, 11) is 3.35. The SMILES string of the molecule is CN(C)C(=O)NCCNC(=O)C1CCC(N)C1. The van der Waals surface area contributed by atoms with E-state index in [2.05, 4.69) is 10.6 Å². The third kappa shape index (κ3) is 4.60.